The second-order valence-corrected chi connectivity index (χ2v) is 6.79. The molecule has 1 unspecified atom stereocenters. The molecular formula is C21H26FN3O. The van der Waals surface area contributed by atoms with Crippen LogP contribution in [0.15, 0.2) is 59.6 Å². The van der Waals surface area contributed by atoms with Crippen molar-refractivity contribution in [1.29, 1.82) is 0 Å². The van der Waals surface area contributed by atoms with Crippen LogP contribution in [0, 0.1) is 5.82 Å². The molecule has 0 saturated heterocycles. The Hall–Kier alpha value is -2.40. The number of halogens is 1. The van der Waals surface area contributed by atoms with Crippen molar-refractivity contribution in [3.05, 3.63) is 71.5 Å². The van der Waals surface area contributed by atoms with Crippen LogP contribution in [-0.4, -0.2) is 30.7 Å². The van der Waals surface area contributed by atoms with Crippen LogP contribution in [0.3, 0.4) is 0 Å². The molecule has 2 aromatic carbocycles. The average Bonchev–Trinajstić information content (AvgIpc) is 3.46. The fourth-order valence-electron chi connectivity index (χ4n) is 3.05. The quantitative estimate of drug-likeness (QED) is 0.528. The molecule has 26 heavy (non-hydrogen) atoms. The molecular weight excluding hydrogens is 329 g/mol. The van der Waals surface area contributed by atoms with E-state index in [4.69, 9.17) is 4.99 Å². The molecule has 138 valence electrons. The van der Waals surface area contributed by atoms with E-state index in [1.165, 1.54) is 17.7 Å². The van der Waals surface area contributed by atoms with Crippen LogP contribution >= 0.6 is 0 Å². The monoisotopic (exact) mass is 355 g/mol. The van der Waals surface area contributed by atoms with E-state index in [9.17, 15) is 9.50 Å². The molecule has 0 amide bonds. The Labute approximate surface area is 154 Å². The van der Waals surface area contributed by atoms with Crippen molar-refractivity contribution in [2.75, 3.05) is 19.6 Å². The third-order valence-electron chi connectivity index (χ3n) is 4.84. The summed E-state index contributed by atoms with van der Waals surface area (Å²) in [6, 6.07) is 16.4. The van der Waals surface area contributed by atoms with Crippen LogP contribution in [0.25, 0.3) is 0 Å². The number of benzene rings is 2. The first kappa shape index (κ1) is 18.4. The number of hydrogen-bond donors (Lipinski definition) is 3. The van der Waals surface area contributed by atoms with Crippen molar-refractivity contribution in [1.82, 2.24) is 10.6 Å². The fourth-order valence-corrected chi connectivity index (χ4v) is 3.05. The van der Waals surface area contributed by atoms with Gasteiger partial charge in [0.25, 0.3) is 0 Å². The Balaban J connectivity index is 1.60. The number of aliphatic imine (C=N–C) groups is 1. The molecule has 3 rings (SSSR count). The van der Waals surface area contributed by atoms with E-state index in [-0.39, 0.29) is 11.2 Å². The summed E-state index contributed by atoms with van der Waals surface area (Å²) in [4.78, 5) is 4.73. The topological polar surface area (TPSA) is 56.7 Å². The molecule has 0 aromatic heterocycles. The number of hydrogen-bond acceptors (Lipinski definition) is 2. The lowest BCUT2D eigenvalue weighted by atomic mass is 9.96. The van der Waals surface area contributed by atoms with Gasteiger partial charge in [-0.15, -0.1) is 0 Å². The molecule has 0 aliphatic heterocycles. The summed E-state index contributed by atoms with van der Waals surface area (Å²) >= 11 is 0. The van der Waals surface area contributed by atoms with Crippen LogP contribution in [0.1, 0.15) is 37.0 Å². The second-order valence-electron chi connectivity index (χ2n) is 6.79. The molecule has 0 radical (unpaired) electrons. The maximum atomic E-state index is 13.0. The maximum Gasteiger partial charge on any atom is 0.191 e. The minimum absolute atomic E-state index is 0.152. The van der Waals surface area contributed by atoms with Gasteiger partial charge in [-0.2, -0.15) is 0 Å². The summed E-state index contributed by atoms with van der Waals surface area (Å²) in [6.45, 7) is 3.79. The van der Waals surface area contributed by atoms with Gasteiger partial charge in [-0.05, 0) is 43.0 Å². The molecule has 1 atom stereocenters. The SMILES string of the molecule is CCNC(=NCC1(c2ccccc2)CC1)NCC(O)c1ccc(F)cc1. The van der Waals surface area contributed by atoms with Crippen molar-refractivity contribution in [2.45, 2.75) is 31.3 Å². The smallest absolute Gasteiger partial charge is 0.191 e. The predicted octanol–water partition coefficient (Wildman–Crippen LogP) is 3.15. The highest BCUT2D eigenvalue weighted by Crippen LogP contribution is 2.48. The second kappa shape index (κ2) is 8.32. The van der Waals surface area contributed by atoms with Crippen LogP contribution in [-0.2, 0) is 5.41 Å². The largest absolute Gasteiger partial charge is 0.387 e. The number of guanidine groups is 1. The fraction of sp³-hybridized carbons (Fsp3) is 0.381. The molecule has 3 N–H and O–H groups in total. The molecule has 1 aliphatic carbocycles. The number of nitrogens with one attached hydrogen (secondary N) is 2. The summed E-state index contributed by atoms with van der Waals surface area (Å²) in [7, 11) is 0. The van der Waals surface area contributed by atoms with Crippen molar-refractivity contribution < 1.29 is 9.50 Å². The number of rotatable bonds is 7. The summed E-state index contributed by atoms with van der Waals surface area (Å²) in [6.07, 6.45) is 1.58. The molecule has 5 heteroatoms. The molecule has 0 heterocycles. The lowest BCUT2D eigenvalue weighted by Crippen LogP contribution is -2.40. The zero-order valence-electron chi connectivity index (χ0n) is 15.1. The van der Waals surface area contributed by atoms with Gasteiger partial charge >= 0.3 is 0 Å². The van der Waals surface area contributed by atoms with E-state index in [1.807, 2.05) is 13.0 Å². The van der Waals surface area contributed by atoms with E-state index in [0.29, 0.717) is 18.1 Å². The Morgan fingerprint density at radius 1 is 1.12 bits per heavy atom. The standard InChI is InChI=1S/C21H26FN3O/c1-2-23-20(24-14-19(26)16-8-10-18(22)11-9-16)25-15-21(12-13-21)17-6-4-3-5-7-17/h3-11,19,26H,2,12-15H2,1H3,(H2,23,24,25). The van der Waals surface area contributed by atoms with Gasteiger partial charge in [-0.3, -0.25) is 4.99 Å². The first-order chi connectivity index (χ1) is 12.6. The first-order valence-electron chi connectivity index (χ1n) is 9.14. The minimum Gasteiger partial charge on any atom is -0.387 e. The summed E-state index contributed by atoms with van der Waals surface area (Å²) in [5.74, 6) is 0.385. The van der Waals surface area contributed by atoms with Crippen molar-refractivity contribution in [3.8, 4) is 0 Å². The minimum atomic E-state index is -0.719. The zero-order chi connectivity index (χ0) is 18.4. The average molecular weight is 355 g/mol. The van der Waals surface area contributed by atoms with Gasteiger partial charge in [-0.25, -0.2) is 4.39 Å². The van der Waals surface area contributed by atoms with E-state index in [2.05, 4.69) is 34.9 Å². The van der Waals surface area contributed by atoms with Crippen LogP contribution in [0.4, 0.5) is 4.39 Å². The zero-order valence-corrected chi connectivity index (χ0v) is 15.1. The molecule has 1 saturated carbocycles. The van der Waals surface area contributed by atoms with Crippen LogP contribution in [0.5, 0.6) is 0 Å². The van der Waals surface area contributed by atoms with E-state index >= 15 is 0 Å². The molecule has 1 aliphatic rings. The Bertz CT molecular complexity index is 727. The van der Waals surface area contributed by atoms with Gasteiger partial charge in [0.05, 0.1) is 12.6 Å². The van der Waals surface area contributed by atoms with Gasteiger partial charge in [0, 0.05) is 18.5 Å². The van der Waals surface area contributed by atoms with E-state index in [0.717, 1.165) is 25.9 Å². The predicted molar refractivity (Wildman–Crippen MR) is 103 cm³/mol. The summed E-state index contributed by atoms with van der Waals surface area (Å²) in [5, 5.41) is 16.7. The Morgan fingerprint density at radius 3 is 2.42 bits per heavy atom. The molecule has 1 fully saturated rings. The third-order valence-corrected chi connectivity index (χ3v) is 4.84. The summed E-state index contributed by atoms with van der Waals surface area (Å²) in [5.41, 5.74) is 2.17. The van der Waals surface area contributed by atoms with Gasteiger partial charge in [0.15, 0.2) is 5.96 Å². The first-order valence-corrected chi connectivity index (χ1v) is 9.14. The van der Waals surface area contributed by atoms with Crippen molar-refractivity contribution in [3.63, 3.8) is 0 Å². The summed E-state index contributed by atoms with van der Waals surface area (Å²) < 4.78 is 13.0. The molecule has 2 aromatic rings. The number of nitrogens with zero attached hydrogens (tertiary/aromatic N) is 1. The third kappa shape index (κ3) is 4.61. The van der Waals surface area contributed by atoms with E-state index < -0.39 is 6.10 Å². The number of aliphatic hydroxyl groups excluding tert-OH is 1. The highest BCUT2D eigenvalue weighted by atomic mass is 19.1. The van der Waals surface area contributed by atoms with E-state index in [1.54, 1.807) is 12.1 Å². The van der Waals surface area contributed by atoms with Gasteiger partial charge in [0.1, 0.15) is 5.82 Å². The normalized spacial score (nSPS) is 16.8. The van der Waals surface area contributed by atoms with Crippen molar-refractivity contribution in [2.24, 2.45) is 4.99 Å². The maximum absolute atomic E-state index is 13.0. The molecule has 4 nitrogen and oxygen atoms in total. The van der Waals surface area contributed by atoms with Crippen LogP contribution < -0.4 is 10.6 Å². The van der Waals surface area contributed by atoms with Crippen LogP contribution in [0.2, 0.25) is 0 Å². The highest BCUT2D eigenvalue weighted by molar-refractivity contribution is 5.79. The number of aliphatic hydroxyl groups is 1. The van der Waals surface area contributed by atoms with Gasteiger partial charge in [-0.1, -0.05) is 42.5 Å². The lowest BCUT2D eigenvalue weighted by molar-refractivity contribution is 0.180. The van der Waals surface area contributed by atoms with Gasteiger partial charge < -0.3 is 15.7 Å². The van der Waals surface area contributed by atoms with Gasteiger partial charge in [0.2, 0.25) is 0 Å². The Kier molecular flexibility index (Phi) is 5.89. The Morgan fingerprint density at radius 2 is 1.81 bits per heavy atom. The van der Waals surface area contributed by atoms with Crippen molar-refractivity contribution >= 4 is 5.96 Å². The molecule has 0 spiro atoms. The molecule has 0 bridgehead atoms. The highest BCUT2D eigenvalue weighted by Gasteiger charge is 2.43. The lowest BCUT2D eigenvalue weighted by Gasteiger charge is -2.18.